The Labute approximate surface area is 81.4 Å². The zero-order valence-electron chi connectivity index (χ0n) is 7.36. The van der Waals surface area contributed by atoms with Crippen molar-refractivity contribution in [1.29, 1.82) is 0 Å². The lowest BCUT2D eigenvalue weighted by Crippen LogP contribution is -2.13. The number of nitrogens with zero attached hydrogens (tertiary/aromatic N) is 2. The summed E-state index contributed by atoms with van der Waals surface area (Å²) in [6.45, 7) is 2.30. The van der Waals surface area contributed by atoms with E-state index in [1.54, 1.807) is 19.3 Å². The van der Waals surface area contributed by atoms with Crippen molar-refractivity contribution in [2.75, 3.05) is 6.61 Å². The summed E-state index contributed by atoms with van der Waals surface area (Å²) in [6, 6.07) is 0. The largest absolute Gasteiger partial charge is 0.465 e. The van der Waals surface area contributed by atoms with Crippen molar-refractivity contribution in [1.82, 2.24) is 9.78 Å². The van der Waals surface area contributed by atoms with Gasteiger partial charge in [0.05, 0.1) is 18.7 Å². The molecular formula is C8H11ClN2O2. The Hall–Kier alpha value is -1.03. The van der Waals surface area contributed by atoms with Crippen molar-refractivity contribution in [2.24, 2.45) is 0 Å². The second-order valence-corrected chi connectivity index (χ2v) is 2.75. The topological polar surface area (TPSA) is 44.1 Å². The van der Waals surface area contributed by atoms with Gasteiger partial charge in [0.15, 0.2) is 0 Å². The molecule has 72 valence electrons. The number of carbonyl (C=O) groups is 1. The lowest BCUT2D eigenvalue weighted by Gasteiger charge is -2.00. The van der Waals surface area contributed by atoms with Gasteiger partial charge in [-0.2, -0.15) is 5.10 Å². The summed E-state index contributed by atoms with van der Waals surface area (Å²) < 4.78 is 6.27. The average molecular weight is 203 g/mol. The van der Waals surface area contributed by atoms with Gasteiger partial charge in [0.25, 0.3) is 0 Å². The van der Waals surface area contributed by atoms with E-state index in [0.29, 0.717) is 12.5 Å². The zero-order valence-corrected chi connectivity index (χ0v) is 8.12. The number of carbonyl (C=O) groups excluding carboxylic acids is 1. The number of alkyl halides is 1. The molecule has 0 N–H and O–H groups in total. The van der Waals surface area contributed by atoms with Gasteiger partial charge in [0, 0.05) is 11.8 Å². The smallest absolute Gasteiger partial charge is 0.327 e. The molecule has 1 rings (SSSR count). The third-order valence-electron chi connectivity index (χ3n) is 1.44. The predicted octanol–water partition coefficient (Wildman–Crippen LogP) is 1.19. The number of halogens is 1. The van der Waals surface area contributed by atoms with Crippen LogP contribution in [0.2, 0.25) is 0 Å². The molecule has 0 amide bonds. The lowest BCUT2D eigenvalue weighted by atomic mass is 10.4. The van der Waals surface area contributed by atoms with Gasteiger partial charge in [-0.05, 0) is 6.92 Å². The molecule has 13 heavy (non-hydrogen) atoms. The first kappa shape index (κ1) is 10.1. The maximum Gasteiger partial charge on any atom is 0.327 e. The number of aromatic nitrogens is 2. The highest BCUT2D eigenvalue weighted by atomic mass is 35.5. The molecule has 0 radical (unpaired) electrons. The summed E-state index contributed by atoms with van der Waals surface area (Å²) >= 11 is 5.57. The van der Waals surface area contributed by atoms with Crippen LogP contribution in [0.25, 0.3) is 0 Å². The predicted molar refractivity (Wildman–Crippen MR) is 48.4 cm³/mol. The molecule has 0 aliphatic carbocycles. The van der Waals surface area contributed by atoms with Crippen LogP contribution >= 0.6 is 11.6 Å². The molecule has 4 nitrogen and oxygen atoms in total. The molecule has 0 saturated carbocycles. The summed E-state index contributed by atoms with van der Waals surface area (Å²) in [6.07, 6.45) is 3.36. The van der Waals surface area contributed by atoms with Gasteiger partial charge < -0.3 is 4.74 Å². The molecule has 5 heteroatoms. The fraction of sp³-hybridized carbons (Fsp3) is 0.500. The first-order valence-electron chi connectivity index (χ1n) is 3.99. The van der Waals surface area contributed by atoms with Crippen molar-refractivity contribution in [3.8, 4) is 0 Å². The summed E-state index contributed by atoms with van der Waals surface area (Å²) in [7, 11) is 0. The molecule has 1 heterocycles. The van der Waals surface area contributed by atoms with Gasteiger partial charge in [-0.25, -0.2) is 0 Å². The number of hydrogen-bond donors (Lipinski definition) is 0. The van der Waals surface area contributed by atoms with E-state index in [9.17, 15) is 4.79 Å². The van der Waals surface area contributed by atoms with Gasteiger partial charge in [-0.1, -0.05) is 0 Å². The summed E-state index contributed by atoms with van der Waals surface area (Å²) in [4.78, 5) is 11.0. The van der Waals surface area contributed by atoms with E-state index in [-0.39, 0.29) is 12.5 Å². The Bertz CT molecular complexity index is 285. The Morgan fingerprint density at radius 3 is 3.08 bits per heavy atom. The van der Waals surface area contributed by atoms with E-state index < -0.39 is 0 Å². The third kappa shape index (κ3) is 3.06. The molecule has 0 fully saturated rings. The van der Waals surface area contributed by atoms with E-state index >= 15 is 0 Å². The molecule has 0 aliphatic rings. The molecule has 0 spiro atoms. The highest BCUT2D eigenvalue weighted by Crippen LogP contribution is 2.01. The van der Waals surface area contributed by atoms with Crippen molar-refractivity contribution < 1.29 is 9.53 Å². The van der Waals surface area contributed by atoms with Gasteiger partial charge >= 0.3 is 5.97 Å². The minimum absolute atomic E-state index is 0.144. The van der Waals surface area contributed by atoms with Crippen LogP contribution in [-0.2, 0) is 22.0 Å². The van der Waals surface area contributed by atoms with Crippen molar-refractivity contribution in [2.45, 2.75) is 19.3 Å². The minimum atomic E-state index is -0.285. The highest BCUT2D eigenvalue weighted by molar-refractivity contribution is 6.17. The number of rotatable bonds is 4. The van der Waals surface area contributed by atoms with E-state index in [1.807, 2.05) is 0 Å². The normalized spacial score (nSPS) is 10.0. The quantitative estimate of drug-likeness (QED) is 0.544. The maximum absolute atomic E-state index is 11.0. The molecule has 0 unspecified atom stereocenters. The second-order valence-electron chi connectivity index (χ2n) is 2.48. The standard InChI is InChI=1S/C8H11ClN2O2/c1-2-13-8(12)6-11-5-7(3-9)4-10-11/h4-5H,2-3,6H2,1H3. The Morgan fingerprint density at radius 1 is 1.77 bits per heavy atom. The van der Waals surface area contributed by atoms with Crippen LogP contribution < -0.4 is 0 Å². The molecule has 0 atom stereocenters. The van der Waals surface area contributed by atoms with Crippen LogP contribution in [0, 0.1) is 0 Å². The monoisotopic (exact) mass is 202 g/mol. The fourth-order valence-corrected chi connectivity index (χ4v) is 1.04. The Balaban J connectivity index is 2.49. The van der Waals surface area contributed by atoms with Gasteiger partial charge in [-0.3, -0.25) is 9.48 Å². The van der Waals surface area contributed by atoms with Gasteiger partial charge in [-0.15, -0.1) is 11.6 Å². The highest BCUT2D eigenvalue weighted by Gasteiger charge is 2.04. The lowest BCUT2D eigenvalue weighted by molar-refractivity contribution is -0.144. The molecule has 0 aromatic carbocycles. The first-order chi connectivity index (χ1) is 6.26. The van der Waals surface area contributed by atoms with Crippen LogP contribution in [0.5, 0.6) is 0 Å². The van der Waals surface area contributed by atoms with Crippen LogP contribution in [0.1, 0.15) is 12.5 Å². The fourth-order valence-electron chi connectivity index (χ4n) is 0.901. The van der Waals surface area contributed by atoms with Crippen molar-refractivity contribution in [3.63, 3.8) is 0 Å². The van der Waals surface area contributed by atoms with E-state index in [1.165, 1.54) is 4.68 Å². The van der Waals surface area contributed by atoms with Gasteiger partial charge in [0.1, 0.15) is 6.54 Å². The summed E-state index contributed by atoms with van der Waals surface area (Å²) in [5.41, 5.74) is 0.894. The summed E-state index contributed by atoms with van der Waals surface area (Å²) in [5.74, 6) is 0.120. The molecule has 0 saturated heterocycles. The molecule has 1 aromatic rings. The Kier molecular flexibility index (Phi) is 3.76. The van der Waals surface area contributed by atoms with E-state index in [2.05, 4.69) is 5.10 Å². The second kappa shape index (κ2) is 4.87. The SMILES string of the molecule is CCOC(=O)Cn1cc(CCl)cn1. The Morgan fingerprint density at radius 2 is 2.54 bits per heavy atom. The van der Waals surface area contributed by atoms with Crippen LogP contribution in [0.3, 0.4) is 0 Å². The van der Waals surface area contributed by atoms with Crippen LogP contribution in [0.15, 0.2) is 12.4 Å². The average Bonchev–Trinajstić information content (AvgIpc) is 2.52. The molecule has 0 aliphatic heterocycles. The number of ether oxygens (including phenoxy) is 1. The zero-order chi connectivity index (χ0) is 9.68. The number of hydrogen-bond acceptors (Lipinski definition) is 3. The third-order valence-corrected chi connectivity index (χ3v) is 1.75. The van der Waals surface area contributed by atoms with Crippen molar-refractivity contribution in [3.05, 3.63) is 18.0 Å². The van der Waals surface area contributed by atoms with E-state index in [4.69, 9.17) is 16.3 Å². The number of esters is 1. The molecule has 1 aromatic heterocycles. The molecular weight excluding hydrogens is 192 g/mol. The maximum atomic E-state index is 11.0. The van der Waals surface area contributed by atoms with E-state index in [0.717, 1.165) is 5.56 Å². The molecule has 0 bridgehead atoms. The van der Waals surface area contributed by atoms with Crippen LogP contribution in [0.4, 0.5) is 0 Å². The van der Waals surface area contributed by atoms with Crippen molar-refractivity contribution >= 4 is 17.6 Å². The minimum Gasteiger partial charge on any atom is -0.465 e. The van der Waals surface area contributed by atoms with Crippen LogP contribution in [-0.4, -0.2) is 22.4 Å². The first-order valence-corrected chi connectivity index (χ1v) is 4.52. The summed E-state index contributed by atoms with van der Waals surface area (Å²) in [5, 5.41) is 3.94. The van der Waals surface area contributed by atoms with Gasteiger partial charge in [0.2, 0.25) is 0 Å².